The van der Waals surface area contributed by atoms with E-state index in [2.05, 4.69) is 25.3 Å². The van der Waals surface area contributed by atoms with E-state index < -0.39 is 0 Å². The van der Waals surface area contributed by atoms with Crippen molar-refractivity contribution in [3.05, 3.63) is 41.9 Å². The van der Waals surface area contributed by atoms with Crippen LogP contribution in [0.15, 0.2) is 30.6 Å². The van der Waals surface area contributed by atoms with Gasteiger partial charge in [0.05, 0.1) is 18.2 Å². The van der Waals surface area contributed by atoms with Crippen LogP contribution in [-0.2, 0) is 4.79 Å². The summed E-state index contributed by atoms with van der Waals surface area (Å²) in [6, 6.07) is 7.55. The first-order valence-corrected chi connectivity index (χ1v) is 10.0. The van der Waals surface area contributed by atoms with E-state index in [4.69, 9.17) is 4.74 Å². The number of piperidine rings is 1. The summed E-state index contributed by atoms with van der Waals surface area (Å²) in [5, 5.41) is 7.41. The predicted molar refractivity (Wildman–Crippen MR) is 111 cm³/mol. The van der Waals surface area contributed by atoms with Crippen LogP contribution in [0.3, 0.4) is 0 Å². The number of hydrogen-bond donors (Lipinski definition) is 1. The van der Waals surface area contributed by atoms with E-state index in [0.717, 1.165) is 36.5 Å². The summed E-state index contributed by atoms with van der Waals surface area (Å²) in [5.41, 5.74) is 2.70. The number of amides is 1. The lowest BCUT2D eigenvalue weighted by atomic mass is 9.96. The average Bonchev–Trinajstić information content (AvgIpc) is 3.18. The lowest BCUT2D eigenvalue weighted by molar-refractivity contribution is -0.120. The SMILES string of the molecule is CCOc1ccccc1NC(=O)[C@@H]1CCCN(c2c(C)c(C)nc3ncnn23)C1. The van der Waals surface area contributed by atoms with Crippen LogP contribution in [0.25, 0.3) is 5.78 Å². The topological polar surface area (TPSA) is 84.6 Å². The molecule has 2 aromatic heterocycles. The minimum atomic E-state index is -0.120. The van der Waals surface area contributed by atoms with Crippen molar-refractivity contribution in [1.82, 2.24) is 19.6 Å². The van der Waals surface area contributed by atoms with Crippen LogP contribution in [0.1, 0.15) is 31.0 Å². The summed E-state index contributed by atoms with van der Waals surface area (Å²) in [6.07, 6.45) is 3.30. The lowest BCUT2D eigenvalue weighted by Crippen LogP contribution is -2.42. The molecule has 0 saturated carbocycles. The molecule has 0 bridgehead atoms. The van der Waals surface area contributed by atoms with Crippen molar-refractivity contribution < 1.29 is 9.53 Å². The number of nitrogens with zero attached hydrogens (tertiary/aromatic N) is 5. The number of nitrogens with one attached hydrogen (secondary N) is 1. The van der Waals surface area contributed by atoms with E-state index in [1.165, 1.54) is 6.33 Å². The molecule has 8 nitrogen and oxygen atoms in total. The zero-order valence-electron chi connectivity index (χ0n) is 17.1. The number of aryl methyl sites for hydroxylation is 1. The van der Waals surface area contributed by atoms with E-state index in [1.807, 2.05) is 45.0 Å². The van der Waals surface area contributed by atoms with Crippen molar-refractivity contribution in [2.45, 2.75) is 33.6 Å². The van der Waals surface area contributed by atoms with Gasteiger partial charge in [-0.25, -0.2) is 4.98 Å². The Morgan fingerprint density at radius 2 is 2.14 bits per heavy atom. The summed E-state index contributed by atoms with van der Waals surface area (Å²) >= 11 is 0. The van der Waals surface area contributed by atoms with Gasteiger partial charge in [0.15, 0.2) is 0 Å². The van der Waals surface area contributed by atoms with Crippen LogP contribution < -0.4 is 15.0 Å². The van der Waals surface area contributed by atoms with Gasteiger partial charge in [-0.15, -0.1) is 0 Å². The highest BCUT2D eigenvalue weighted by Crippen LogP contribution is 2.29. The zero-order chi connectivity index (χ0) is 20.4. The van der Waals surface area contributed by atoms with Crippen molar-refractivity contribution in [3.63, 3.8) is 0 Å². The highest BCUT2D eigenvalue weighted by Gasteiger charge is 2.29. The van der Waals surface area contributed by atoms with Gasteiger partial charge in [-0.2, -0.15) is 14.6 Å². The number of anilines is 2. The maximum atomic E-state index is 13.0. The van der Waals surface area contributed by atoms with E-state index in [-0.39, 0.29) is 11.8 Å². The Bertz CT molecular complexity index is 1030. The van der Waals surface area contributed by atoms with Gasteiger partial charge in [0.2, 0.25) is 5.91 Å². The third kappa shape index (κ3) is 3.74. The van der Waals surface area contributed by atoms with Gasteiger partial charge in [-0.1, -0.05) is 12.1 Å². The molecule has 1 N–H and O–H groups in total. The molecule has 8 heteroatoms. The zero-order valence-corrected chi connectivity index (χ0v) is 17.1. The van der Waals surface area contributed by atoms with Gasteiger partial charge in [0.25, 0.3) is 5.78 Å². The minimum absolute atomic E-state index is 0.0140. The van der Waals surface area contributed by atoms with Crippen LogP contribution in [0.5, 0.6) is 5.75 Å². The van der Waals surface area contributed by atoms with Crippen molar-refractivity contribution in [2.24, 2.45) is 5.92 Å². The van der Waals surface area contributed by atoms with Crippen LogP contribution in [0, 0.1) is 19.8 Å². The third-order valence-corrected chi connectivity index (χ3v) is 5.41. The quantitative estimate of drug-likeness (QED) is 0.716. The summed E-state index contributed by atoms with van der Waals surface area (Å²) in [6.45, 7) is 8.01. The molecule has 4 rings (SSSR count). The van der Waals surface area contributed by atoms with Gasteiger partial charge in [-0.05, 0) is 45.7 Å². The molecule has 0 aliphatic carbocycles. The van der Waals surface area contributed by atoms with E-state index in [1.54, 1.807) is 4.52 Å². The highest BCUT2D eigenvalue weighted by molar-refractivity contribution is 5.94. The second-order valence-corrected chi connectivity index (χ2v) is 7.32. The van der Waals surface area contributed by atoms with Gasteiger partial charge >= 0.3 is 0 Å². The number of para-hydroxylation sites is 2. The number of benzene rings is 1. The van der Waals surface area contributed by atoms with Crippen LogP contribution in [0.4, 0.5) is 11.5 Å². The van der Waals surface area contributed by atoms with E-state index in [9.17, 15) is 4.79 Å². The van der Waals surface area contributed by atoms with Crippen molar-refractivity contribution >= 4 is 23.2 Å². The average molecular weight is 394 g/mol. The van der Waals surface area contributed by atoms with E-state index in [0.29, 0.717) is 30.4 Å². The molecule has 0 unspecified atom stereocenters. The summed E-state index contributed by atoms with van der Waals surface area (Å²) in [4.78, 5) is 24.0. The lowest BCUT2D eigenvalue weighted by Gasteiger charge is -2.34. The molecule has 1 fully saturated rings. The number of aromatic nitrogens is 4. The first-order valence-electron chi connectivity index (χ1n) is 10.0. The van der Waals surface area contributed by atoms with Crippen molar-refractivity contribution in [2.75, 3.05) is 29.9 Å². The Morgan fingerprint density at radius 3 is 2.97 bits per heavy atom. The normalized spacial score (nSPS) is 16.8. The first-order chi connectivity index (χ1) is 14.1. The van der Waals surface area contributed by atoms with Crippen molar-refractivity contribution in [1.29, 1.82) is 0 Å². The van der Waals surface area contributed by atoms with Gasteiger partial charge in [-0.3, -0.25) is 4.79 Å². The molecule has 3 heterocycles. The largest absolute Gasteiger partial charge is 0.492 e. The number of ether oxygens (including phenoxy) is 1. The fourth-order valence-corrected chi connectivity index (χ4v) is 3.86. The summed E-state index contributed by atoms with van der Waals surface area (Å²) in [7, 11) is 0. The van der Waals surface area contributed by atoms with E-state index >= 15 is 0 Å². The smallest absolute Gasteiger partial charge is 0.254 e. The Hall–Kier alpha value is -3.16. The molecule has 1 saturated heterocycles. The molecule has 0 spiro atoms. The molecule has 1 aromatic carbocycles. The summed E-state index contributed by atoms with van der Waals surface area (Å²) < 4.78 is 7.40. The Balaban J connectivity index is 1.56. The molecular formula is C21H26N6O2. The number of hydrogen-bond acceptors (Lipinski definition) is 6. The number of carbonyl (C=O) groups excluding carboxylic acids is 1. The molecule has 1 atom stereocenters. The van der Waals surface area contributed by atoms with Gasteiger partial charge < -0.3 is 15.0 Å². The van der Waals surface area contributed by atoms with Crippen LogP contribution >= 0.6 is 0 Å². The standard InChI is InChI=1S/C21H26N6O2/c1-4-29-18-10-6-5-9-17(18)25-19(28)16-8-7-11-26(12-16)20-14(2)15(3)24-21-22-13-23-27(20)21/h5-6,9-10,13,16H,4,7-8,11-12H2,1-3H3,(H,25,28)/t16-/m1/s1. The van der Waals surface area contributed by atoms with Crippen molar-refractivity contribution in [3.8, 4) is 5.75 Å². The molecule has 1 aliphatic rings. The minimum Gasteiger partial charge on any atom is -0.492 e. The number of fused-ring (bicyclic) bond motifs is 1. The monoisotopic (exact) mass is 394 g/mol. The maximum absolute atomic E-state index is 13.0. The molecule has 29 heavy (non-hydrogen) atoms. The molecular weight excluding hydrogens is 368 g/mol. The second kappa shape index (κ2) is 8.06. The van der Waals surface area contributed by atoms with Gasteiger partial charge in [0.1, 0.15) is 17.9 Å². The Kier molecular flexibility index (Phi) is 5.33. The van der Waals surface area contributed by atoms with Gasteiger partial charge in [0, 0.05) is 24.3 Å². The fraction of sp³-hybridized carbons (Fsp3) is 0.429. The Labute approximate surface area is 169 Å². The Morgan fingerprint density at radius 1 is 1.31 bits per heavy atom. The summed E-state index contributed by atoms with van der Waals surface area (Å²) in [5.74, 6) is 2.14. The molecule has 152 valence electrons. The molecule has 1 aliphatic heterocycles. The molecule has 0 radical (unpaired) electrons. The number of rotatable bonds is 5. The molecule has 3 aromatic rings. The van der Waals surface area contributed by atoms with Crippen LogP contribution in [-0.4, -0.2) is 45.2 Å². The third-order valence-electron chi connectivity index (χ3n) is 5.41. The fourth-order valence-electron chi connectivity index (χ4n) is 3.86. The maximum Gasteiger partial charge on any atom is 0.254 e. The second-order valence-electron chi connectivity index (χ2n) is 7.32. The first kappa shape index (κ1) is 19.2. The predicted octanol–water partition coefficient (Wildman–Crippen LogP) is 2.99. The number of carbonyl (C=O) groups is 1. The van der Waals surface area contributed by atoms with Crippen LogP contribution in [0.2, 0.25) is 0 Å². The molecule has 1 amide bonds. The highest BCUT2D eigenvalue weighted by atomic mass is 16.5.